The normalized spacial score (nSPS) is 20.8. The minimum absolute atomic E-state index is 0.0902. The zero-order valence-electron chi connectivity index (χ0n) is 14.3. The summed E-state index contributed by atoms with van der Waals surface area (Å²) >= 11 is 0. The van der Waals surface area contributed by atoms with Crippen LogP contribution in [0.5, 0.6) is 0 Å². The molecule has 0 aromatic rings. The van der Waals surface area contributed by atoms with Gasteiger partial charge in [0.2, 0.25) is 5.91 Å². The number of guanidine groups is 1. The third kappa shape index (κ3) is 6.22. The van der Waals surface area contributed by atoms with E-state index in [1.54, 1.807) is 0 Å². The molecule has 1 amide bonds. The van der Waals surface area contributed by atoms with Crippen molar-refractivity contribution in [3.05, 3.63) is 12.2 Å². The number of carbonyl (C=O) groups excluding carboxylic acids is 1. The van der Waals surface area contributed by atoms with E-state index in [-0.39, 0.29) is 11.8 Å². The fourth-order valence-corrected chi connectivity index (χ4v) is 3.23. The predicted molar refractivity (Wildman–Crippen MR) is 94.3 cm³/mol. The van der Waals surface area contributed by atoms with Crippen molar-refractivity contribution in [1.82, 2.24) is 15.5 Å². The SMILES string of the molecule is CN=C(NCCCCN1CCC(C(N)=O)CC1)NC1CC=CC1. The van der Waals surface area contributed by atoms with Crippen molar-refractivity contribution in [2.45, 2.75) is 44.6 Å². The quantitative estimate of drug-likeness (QED) is 0.281. The Bertz CT molecular complexity index is 419. The van der Waals surface area contributed by atoms with Gasteiger partial charge in [-0.25, -0.2) is 0 Å². The molecule has 23 heavy (non-hydrogen) atoms. The number of nitrogens with zero attached hydrogens (tertiary/aromatic N) is 2. The molecule has 1 aliphatic heterocycles. The third-order valence-electron chi connectivity index (χ3n) is 4.76. The average molecular weight is 321 g/mol. The number of rotatable bonds is 7. The van der Waals surface area contributed by atoms with Gasteiger partial charge < -0.3 is 21.3 Å². The Balaban J connectivity index is 1.51. The van der Waals surface area contributed by atoms with Crippen molar-refractivity contribution < 1.29 is 4.79 Å². The molecule has 2 rings (SSSR count). The van der Waals surface area contributed by atoms with Gasteiger partial charge in [0, 0.05) is 25.6 Å². The Labute approximate surface area is 139 Å². The molecule has 2 aliphatic rings. The van der Waals surface area contributed by atoms with Gasteiger partial charge in [0.1, 0.15) is 0 Å². The van der Waals surface area contributed by atoms with E-state index in [2.05, 4.69) is 32.7 Å². The van der Waals surface area contributed by atoms with Crippen molar-refractivity contribution in [1.29, 1.82) is 0 Å². The molecular formula is C17H31N5O. The molecule has 0 atom stereocenters. The summed E-state index contributed by atoms with van der Waals surface area (Å²) in [6.07, 6.45) is 10.7. The van der Waals surface area contributed by atoms with E-state index >= 15 is 0 Å². The lowest BCUT2D eigenvalue weighted by Crippen LogP contribution is -2.43. The molecule has 1 fully saturated rings. The van der Waals surface area contributed by atoms with Crippen LogP contribution in [0.15, 0.2) is 17.1 Å². The van der Waals surface area contributed by atoms with Crippen molar-refractivity contribution >= 4 is 11.9 Å². The maximum atomic E-state index is 11.2. The van der Waals surface area contributed by atoms with Gasteiger partial charge in [-0.05, 0) is 58.2 Å². The first-order valence-electron chi connectivity index (χ1n) is 8.83. The highest BCUT2D eigenvalue weighted by atomic mass is 16.1. The number of primary amides is 1. The molecule has 0 bridgehead atoms. The van der Waals surface area contributed by atoms with Crippen molar-refractivity contribution in [3.8, 4) is 0 Å². The maximum Gasteiger partial charge on any atom is 0.220 e. The average Bonchev–Trinajstić information content (AvgIpc) is 3.07. The minimum atomic E-state index is -0.134. The Kier molecular flexibility index (Phi) is 7.39. The molecule has 0 unspecified atom stereocenters. The molecule has 1 aliphatic carbocycles. The molecule has 0 saturated carbocycles. The first kappa shape index (κ1) is 17.8. The van der Waals surface area contributed by atoms with Crippen LogP contribution in [0.4, 0.5) is 0 Å². The lowest BCUT2D eigenvalue weighted by Gasteiger charge is -2.30. The van der Waals surface area contributed by atoms with Gasteiger partial charge in [-0.15, -0.1) is 0 Å². The van der Waals surface area contributed by atoms with Gasteiger partial charge in [-0.1, -0.05) is 12.2 Å². The number of carbonyl (C=O) groups is 1. The lowest BCUT2D eigenvalue weighted by atomic mass is 9.96. The Morgan fingerprint density at radius 2 is 1.96 bits per heavy atom. The summed E-state index contributed by atoms with van der Waals surface area (Å²) in [5, 5.41) is 6.83. The number of amides is 1. The van der Waals surface area contributed by atoms with Gasteiger partial charge in [-0.2, -0.15) is 0 Å². The van der Waals surface area contributed by atoms with E-state index in [9.17, 15) is 4.79 Å². The smallest absolute Gasteiger partial charge is 0.220 e. The number of hydrogen-bond acceptors (Lipinski definition) is 3. The van der Waals surface area contributed by atoms with Crippen LogP contribution in [-0.4, -0.2) is 56.0 Å². The monoisotopic (exact) mass is 321 g/mol. The van der Waals surface area contributed by atoms with Crippen molar-refractivity contribution in [3.63, 3.8) is 0 Å². The second-order valence-electron chi connectivity index (χ2n) is 6.51. The summed E-state index contributed by atoms with van der Waals surface area (Å²) in [7, 11) is 1.82. The van der Waals surface area contributed by atoms with Gasteiger partial charge in [0.15, 0.2) is 5.96 Å². The first-order valence-corrected chi connectivity index (χ1v) is 8.83. The summed E-state index contributed by atoms with van der Waals surface area (Å²) < 4.78 is 0. The lowest BCUT2D eigenvalue weighted by molar-refractivity contribution is -0.123. The van der Waals surface area contributed by atoms with Gasteiger partial charge in [0.05, 0.1) is 0 Å². The van der Waals surface area contributed by atoms with Crippen LogP contribution in [0.25, 0.3) is 0 Å². The predicted octanol–water partition coefficient (Wildman–Crippen LogP) is 0.848. The van der Waals surface area contributed by atoms with E-state index in [4.69, 9.17) is 5.73 Å². The Morgan fingerprint density at radius 3 is 2.57 bits per heavy atom. The molecule has 0 spiro atoms. The number of hydrogen-bond donors (Lipinski definition) is 3. The molecule has 0 aromatic carbocycles. The van der Waals surface area contributed by atoms with Crippen LogP contribution < -0.4 is 16.4 Å². The topological polar surface area (TPSA) is 82.8 Å². The molecule has 1 saturated heterocycles. The highest BCUT2D eigenvalue weighted by Gasteiger charge is 2.22. The summed E-state index contributed by atoms with van der Waals surface area (Å²) in [5.74, 6) is 0.860. The van der Waals surface area contributed by atoms with Crippen LogP contribution in [0, 0.1) is 5.92 Å². The van der Waals surface area contributed by atoms with E-state index in [1.165, 1.54) is 0 Å². The molecule has 0 radical (unpaired) electrons. The van der Waals surface area contributed by atoms with Gasteiger partial charge in [0.25, 0.3) is 0 Å². The highest BCUT2D eigenvalue weighted by Crippen LogP contribution is 2.16. The molecule has 130 valence electrons. The van der Waals surface area contributed by atoms with Crippen LogP contribution in [0.2, 0.25) is 0 Å². The fourth-order valence-electron chi connectivity index (χ4n) is 3.23. The second kappa shape index (κ2) is 9.55. The van der Waals surface area contributed by atoms with Crippen molar-refractivity contribution in [2.75, 3.05) is 33.2 Å². The number of aliphatic imine (C=N–C) groups is 1. The summed E-state index contributed by atoms with van der Waals surface area (Å²) in [6, 6.07) is 0.493. The summed E-state index contributed by atoms with van der Waals surface area (Å²) in [4.78, 5) is 17.9. The molecule has 6 nitrogen and oxygen atoms in total. The Hall–Kier alpha value is -1.56. The number of unbranched alkanes of at least 4 members (excludes halogenated alkanes) is 1. The van der Waals surface area contributed by atoms with Gasteiger partial charge >= 0.3 is 0 Å². The van der Waals surface area contributed by atoms with Crippen LogP contribution in [0.1, 0.15) is 38.5 Å². The third-order valence-corrected chi connectivity index (χ3v) is 4.76. The Morgan fingerprint density at radius 1 is 1.26 bits per heavy atom. The van der Waals surface area contributed by atoms with Crippen LogP contribution in [-0.2, 0) is 4.79 Å². The zero-order chi connectivity index (χ0) is 16.5. The summed E-state index contributed by atoms with van der Waals surface area (Å²) in [6.45, 7) is 4.04. The van der Waals surface area contributed by atoms with E-state index < -0.39 is 0 Å². The molecular weight excluding hydrogens is 290 g/mol. The van der Waals surface area contributed by atoms with Crippen molar-refractivity contribution in [2.24, 2.45) is 16.6 Å². The number of nitrogens with one attached hydrogen (secondary N) is 2. The standard InChI is InChI=1S/C17H31N5O/c1-19-17(21-15-6-2-3-7-15)20-10-4-5-11-22-12-8-14(9-13-22)16(18)23/h2-3,14-15H,4-13H2,1H3,(H2,18,23)(H2,19,20,21). The summed E-state index contributed by atoms with van der Waals surface area (Å²) in [5.41, 5.74) is 5.37. The number of nitrogens with two attached hydrogens (primary N) is 1. The zero-order valence-corrected chi connectivity index (χ0v) is 14.3. The molecule has 1 heterocycles. The highest BCUT2D eigenvalue weighted by molar-refractivity contribution is 5.80. The molecule has 0 aromatic heterocycles. The largest absolute Gasteiger partial charge is 0.369 e. The second-order valence-corrected chi connectivity index (χ2v) is 6.51. The number of piperidine rings is 1. The number of likely N-dealkylation sites (tertiary alicyclic amines) is 1. The van der Waals surface area contributed by atoms with E-state index in [1.807, 2.05) is 7.05 Å². The van der Waals surface area contributed by atoms with E-state index in [0.29, 0.717) is 6.04 Å². The van der Waals surface area contributed by atoms with Gasteiger partial charge in [-0.3, -0.25) is 9.79 Å². The van der Waals surface area contributed by atoms with Crippen LogP contribution in [0.3, 0.4) is 0 Å². The molecule has 4 N–H and O–H groups in total. The molecule has 6 heteroatoms. The maximum absolute atomic E-state index is 11.2. The minimum Gasteiger partial charge on any atom is -0.369 e. The van der Waals surface area contributed by atoms with E-state index in [0.717, 1.165) is 70.7 Å². The van der Waals surface area contributed by atoms with Crippen LogP contribution >= 0.6 is 0 Å². The first-order chi connectivity index (χ1) is 11.2. The fraction of sp³-hybridized carbons (Fsp3) is 0.765.